The van der Waals surface area contributed by atoms with E-state index in [1.807, 2.05) is 0 Å². The van der Waals surface area contributed by atoms with Crippen molar-refractivity contribution in [2.24, 2.45) is 0 Å². The van der Waals surface area contributed by atoms with Crippen LogP contribution in [0.25, 0.3) is 0 Å². The molecule has 3 rings (SSSR count). The van der Waals surface area contributed by atoms with E-state index in [9.17, 15) is 34.8 Å². The average Bonchev–Trinajstić information content (AvgIpc) is 4.22. The number of epoxide rings is 3. The molecule has 0 aromatic carbocycles. The van der Waals surface area contributed by atoms with Gasteiger partial charge >= 0.3 is 21.7 Å². The van der Waals surface area contributed by atoms with Crippen LogP contribution >= 0.6 is 0 Å². The minimum absolute atomic E-state index is 0. The number of unbranched alkanes of at least 4 members (excludes halogenated alkanes) is 27. The van der Waals surface area contributed by atoms with Crippen molar-refractivity contribution in [3.05, 3.63) is 0 Å². The molecule has 0 amide bonds. The topological polar surface area (TPSA) is 181 Å². The number of hydrogen-bond donors (Lipinski definition) is 0. The van der Waals surface area contributed by atoms with E-state index in [1.165, 1.54) is 193 Å². The van der Waals surface area contributed by atoms with E-state index in [2.05, 4.69) is 20.8 Å². The number of carbonyl (C=O) groups is 3. The van der Waals surface area contributed by atoms with E-state index >= 15 is 0 Å². The number of carbonyl (C=O) groups excluding carboxylic acids is 3. The molecular formula is C57H106O10Ti. The van der Waals surface area contributed by atoms with E-state index in [1.54, 1.807) is 13.8 Å². The summed E-state index contributed by atoms with van der Waals surface area (Å²) in [6.07, 6.45) is 51.4. The molecule has 0 aromatic heterocycles. The van der Waals surface area contributed by atoms with Gasteiger partial charge in [0.15, 0.2) is 0 Å². The second-order valence-corrected chi connectivity index (χ2v) is 20.4. The third kappa shape index (κ3) is 52.8. The molecule has 3 aliphatic rings. The second kappa shape index (κ2) is 50.9. The molecule has 3 heterocycles. The summed E-state index contributed by atoms with van der Waals surface area (Å²) < 4.78 is 17.2. The van der Waals surface area contributed by atoms with E-state index in [-0.39, 0.29) is 41.0 Å². The zero-order valence-electron chi connectivity index (χ0n) is 44.8. The molecule has 6 unspecified atom stereocenters. The van der Waals surface area contributed by atoms with E-state index in [0.717, 1.165) is 57.8 Å². The van der Waals surface area contributed by atoms with Gasteiger partial charge in [-0.2, -0.15) is 0 Å². The van der Waals surface area contributed by atoms with Gasteiger partial charge < -0.3 is 49.0 Å². The Kier molecular flexibility index (Phi) is 51.7. The van der Waals surface area contributed by atoms with Gasteiger partial charge in [0.05, 0.1) is 36.6 Å². The van der Waals surface area contributed by atoms with Crippen molar-refractivity contribution in [1.29, 1.82) is 0 Å². The number of carboxylic acids is 3. The van der Waals surface area contributed by atoms with Gasteiger partial charge in [0.25, 0.3) is 0 Å². The quantitative estimate of drug-likeness (QED) is 0.0323. The van der Waals surface area contributed by atoms with Crippen LogP contribution in [0.15, 0.2) is 0 Å². The first kappa shape index (κ1) is 69.0. The van der Waals surface area contributed by atoms with Crippen molar-refractivity contribution in [3.8, 4) is 0 Å². The largest absolute Gasteiger partial charge is 4.00 e. The molecule has 11 heteroatoms. The van der Waals surface area contributed by atoms with Gasteiger partial charge in [-0.15, -0.1) is 6.10 Å². The van der Waals surface area contributed by atoms with Crippen LogP contribution in [0.4, 0.5) is 0 Å². The number of ether oxygens (including phenoxy) is 3. The van der Waals surface area contributed by atoms with Crippen LogP contribution < -0.4 is 20.4 Å². The average molecular weight is 999 g/mol. The van der Waals surface area contributed by atoms with E-state index in [0.29, 0.717) is 36.6 Å². The van der Waals surface area contributed by atoms with Crippen molar-refractivity contribution in [1.82, 2.24) is 0 Å². The van der Waals surface area contributed by atoms with Crippen LogP contribution in [0.2, 0.25) is 0 Å². The molecule has 0 N–H and O–H groups in total. The molecule has 6 atom stereocenters. The van der Waals surface area contributed by atoms with Crippen LogP contribution in [0, 0.1) is 0 Å². The molecule has 3 saturated heterocycles. The fourth-order valence-electron chi connectivity index (χ4n) is 8.87. The predicted molar refractivity (Wildman–Crippen MR) is 267 cm³/mol. The molecule has 0 saturated carbocycles. The van der Waals surface area contributed by atoms with E-state index in [4.69, 9.17) is 14.2 Å². The second-order valence-electron chi connectivity index (χ2n) is 20.4. The first-order valence-electron chi connectivity index (χ1n) is 28.7. The molecule has 3 fully saturated rings. The van der Waals surface area contributed by atoms with Crippen LogP contribution in [0.3, 0.4) is 0 Å². The Hall–Kier alpha value is -1.04. The molecule has 398 valence electrons. The van der Waals surface area contributed by atoms with Gasteiger partial charge in [-0.3, -0.25) is 0 Å². The minimum Gasteiger partial charge on any atom is -0.852 e. The van der Waals surface area contributed by atoms with Crippen LogP contribution in [0.5, 0.6) is 0 Å². The third-order valence-corrected chi connectivity index (χ3v) is 13.2. The van der Waals surface area contributed by atoms with Crippen molar-refractivity contribution in [3.63, 3.8) is 0 Å². The fraction of sp³-hybridized carbons (Fsp3) is 0.947. The maximum Gasteiger partial charge on any atom is 4.00 e. The third-order valence-electron chi connectivity index (χ3n) is 13.2. The molecule has 68 heavy (non-hydrogen) atoms. The number of rotatable bonds is 45. The Bertz CT molecular complexity index is 977. The maximum absolute atomic E-state index is 10.3. The molecule has 3 aliphatic heterocycles. The van der Waals surface area contributed by atoms with Gasteiger partial charge in [0, 0.05) is 17.9 Å². The van der Waals surface area contributed by atoms with Gasteiger partial charge in [-0.1, -0.05) is 227 Å². The summed E-state index contributed by atoms with van der Waals surface area (Å²) in [5.41, 5.74) is 0. The molecule has 0 aromatic rings. The predicted octanol–water partition coefficient (Wildman–Crippen LogP) is 11.7. The van der Waals surface area contributed by atoms with Crippen LogP contribution in [-0.2, 0) is 50.3 Å². The number of hydrogen-bond acceptors (Lipinski definition) is 10. The summed E-state index contributed by atoms with van der Waals surface area (Å²) in [7, 11) is 0. The Morgan fingerprint density at radius 2 is 0.471 bits per heavy atom. The van der Waals surface area contributed by atoms with Crippen molar-refractivity contribution >= 4 is 17.9 Å². The van der Waals surface area contributed by atoms with Crippen molar-refractivity contribution in [2.45, 2.75) is 347 Å². The summed E-state index contributed by atoms with van der Waals surface area (Å²) in [6, 6.07) is 0. The zero-order chi connectivity index (χ0) is 49.6. The van der Waals surface area contributed by atoms with Crippen LogP contribution in [-0.4, -0.2) is 60.6 Å². The maximum atomic E-state index is 10.3. The summed E-state index contributed by atoms with van der Waals surface area (Å²) in [5, 5.41) is 40.3. The normalized spacial score (nSPS) is 19.6. The Morgan fingerprint density at radius 1 is 0.324 bits per heavy atom. The van der Waals surface area contributed by atoms with Crippen molar-refractivity contribution < 1.29 is 70.7 Å². The Labute approximate surface area is 433 Å². The molecule has 0 aliphatic carbocycles. The summed E-state index contributed by atoms with van der Waals surface area (Å²) >= 11 is 0. The number of aliphatic carboxylic acids is 3. The Balaban J connectivity index is 0. The molecule has 10 nitrogen and oxygen atoms in total. The molecule has 0 radical (unpaired) electrons. The monoisotopic (exact) mass is 999 g/mol. The van der Waals surface area contributed by atoms with E-state index < -0.39 is 24.0 Å². The Morgan fingerprint density at radius 3 is 0.632 bits per heavy atom. The SMILES string of the molecule is CC(C)[O-].CCCCCCCCC1OC1CCCCCCCC(=O)[O-].CCCCCCCCC1OC1CCCCCCCC(=O)[O-].CCCCCCCCC1OC1CCCCCCCC(=O)[O-].[Ti+4]. The smallest absolute Gasteiger partial charge is 0.852 e. The molecule has 0 bridgehead atoms. The summed E-state index contributed by atoms with van der Waals surface area (Å²) in [5.74, 6) is -2.75. The van der Waals surface area contributed by atoms with Crippen LogP contribution in [0.1, 0.15) is 304 Å². The molecular weight excluding hydrogens is 892 g/mol. The first-order chi connectivity index (χ1) is 32.4. The molecule has 0 spiro atoms. The summed E-state index contributed by atoms with van der Waals surface area (Å²) in [4.78, 5) is 30.8. The van der Waals surface area contributed by atoms with Gasteiger partial charge in [-0.25, -0.2) is 0 Å². The van der Waals surface area contributed by atoms with Gasteiger partial charge in [0.1, 0.15) is 0 Å². The standard InChI is InChI=1S/3C18H34O3.C3H7O.Ti/c3*1-2-3-4-5-7-10-13-16-17(21-16)14-11-8-6-9-12-15-18(19)20;1-3(2)4;/h3*16-17H,2-15H2,1H3,(H,19,20);3H,1-2H3;/q;;;-1;+4/p-3. The first-order valence-corrected chi connectivity index (χ1v) is 28.7. The minimum atomic E-state index is -0.918. The van der Waals surface area contributed by atoms with Gasteiger partial charge in [-0.05, 0) is 77.0 Å². The fourth-order valence-corrected chi connectivity index (χ4v) is 8.87. The summed E-state index contributed by atoms with van der Waals surface area (Å²) in [6.45, 7) is 9.99. The number of carboxylic acid groups (broad SMARTS) is 3. The zero-order valence-corrected chi connectivity index (χ0v) is 46.4. The van der Waals surface area contributed by atoms with Crippen molar-refractivity contribution in [2.75, 3.05) is 0 Å². The van der Waals surface area contributed by atoms with Gasteiger partial charge in [0.2, 0.25) is 0 Å².